The number of aryl methyl sites for hydroxylation is 2. The summed E-state index contributed by atoms with van der Waals surface area (Å²) in [4.78, 5) is 23.4. The number of nitrogens with one attached hydrogen (secondary N) is 1. The summed E-state index contributed by atoms with van der Waals surface area (Å²) >= 11 is 0. The minimum Gasteiger partial charge on any atom is -0.491 e. The van der Waals surface area contributed by atoms with Crippen LogP contribution in [-0.2, 0) is 27.2 Å². The van der Waals surface area contributed by atoms with E-state index in [0.717, 1.165) is 18.6 Å². The largest absolute Gasteiger partial charge is 0.491 e. The first-order valence-corrected chi connectivity index (χ1v) is 9.73. The van der Waals surface area contributed by atoms with Gasteiger partial charge in [-0.25, -0.2) is 0 Å². The third-order valence-corrected chi connectivity index (χ3v) is 5.64. The SMILES string of the molecule is COC(=O)C[C@@H]1C[C@@H](COc2ccc3c(c2)CCc2cc(C#N)ccc2-3)NC1=O. The average Bonchev–Trinajstić information content (AvgIpc) is 3.10. The molecule has 0 aromatic heterocycles. The summed E-state index contributed by atoms with van der Waals surface area (Å²) in [5, 5.41) is 12.0. The molecule has 1 heterocycles. The zero-order chi connectivity index (χ0) is 20.4. The molecule has 2 aliphatic rings. The van der Waals surface area contributed by atoms with Gasteiger partial charge in [-0.3, -0.25) is 9.59 Å². The predicted octanol–water partition coefficient (Wildman–Crippen LogP) is 2.77. The number of benzene rings is 2. The van der Waals surface area contributed by atoms with E-state index in [1.807, 2.05) is 24.3 Å². The Balaban J connectivity index is 1.41. The number of hydrogen-bond donors (Lipinski definition) is 1. The Labute approximate surface area is 169 Å². The summed E-state index contributed by atoms with van der Waals surface area (Å²) in [5.74, 6) is -0.0766. The van der Waals surface area contributed by atoms with Crippen molar-refractivity contribution in [2.45, 2.75) is 31.7 Å². The molecule has 2 aromatic carbocycles. The molecule has 0 bridgehead atoms. The molecule has 4 rings (SSSR count). The van der Waals surface area contributed by atoms with E-state index in [1.54, 1.807) is 0 Å². The quantitative estimate of drug-likeness (QED) is 0.793. The number of amides is 1. The van der Waals surface area contributed by atoms with E-state index in [1.165, 1.54) is 29.4 Å². The fourth-order valence-corrected chi connectivity index (χ4v) is 4.13. The van der Waals surface area contributed by atoms with Crippen LogP contribution in [0.2, 0.25) is 0 Å². The Hall–Kier alpha value is -3.33. The van der Waals surface area contributed by atoms with E-state index in [4.69, 9.17) is 10.00 Å². The third kappa shape index (κ3) is 3.95. The number of ether oxygens (including phenoxy) is 2. The zero-order valence-corrected chi connectivity index (χ0v) is 16.2. The molecule has 6 nitrogen and oxygen atoms in total. The van der Waals surface area contributed by atoms with Gasteiger partial charge in [0.1, 0.15) is 12.4 Å². The number of rotatable bonds is 5. The summed E-state index contributed by atoms with van der Waals surface area (Å²) in [7, 11) is 1.33. The van der Waals surface area contributed by atoms with Crippen molar-refractivity contribution in [3.63, 3.8) is 0 Å². The Morgan fingerprint density at radius 1 is 1.17 bits per heavy atom. The number of carbonyl (C=O) groups is 2. The lowest BCUT2D eigenvalue weighted by atomic mass is 9.85. The smallest absolute Gasteiger partial charge is 0.306 e. The van der Waals surface area contributed by atoms with Crippen LogP contribution >= 0.6 is 0 Å². The van der Waals surface area contributed by atoms with Crippen molar-refractivity contribution in [2.75, 3.05) is 13.7 Å². The highest BCUT2D eigenvalue weighted by Crippen LogP contribution is 2.36. The van der Waals surface area contributed by atoms with E-state index in [0.29, 0.717) is 18.6 Å². The predicted molar refractivity (Wildman–Crippen MR) is 106 cm³/mol. The van der Waals surface area contributed by atoms with Gasteiger partial charge in [-0.15, -0.1) is 0 Å². The van der Waals surface area contributed by atoms with Crippen LogP contribution in [0, 0.1) is 17.2 Å². The van der Waals surface area contributed by atoms with Crippen LogP contribution in [0.5, 0.6) is 5.75 Å². The maximum Gasteiger partial charge on any atom is 0.306 e. The van der Waals surface area contributed by atoms with E-state index in [-0.39, 0.29) is 30.3 Å². The second-order valence-electron chi connectivity index (χ2n) is 7.53. The second-order valence-corrected chi connectivity index (χ2v) is 7.53. The van der Waals surface area contributed by atoms with Gasteiger partial charge in [0.25, 0.3) is 0 Å². The van der Waals surface area contributed by atoms with Crippen LogP contribution in [-0.4, -0.2) is 31.6 Å². The first-order chi connectivity index (χ1) is 14.1. The molecule has 2 atom stereocenters. The lowest BCUT2D eigenvalue weighted by Crippen LogP contribution is -2.31. The van der Waals surface area contributed by atoms with Gasteiger partial charge >= 0.3 is 5.97 Å². The number of nitrogens with zero attached hydrogens (tertiary/aromatic N) is 1. The van der Waals surface area contributed by atoms with Gasteiger partial charge in [-0.2, -0.15) is 5.26 Å². The molecule has 148 valence electrons. The van der Waals surface area contributed by atoms with Crippen molar-refractivity contribution < 1.29 is 19.1 Å². The number of fused-ring (bicyclic) bond motifs is 3. The molecule has 0 unspecified atom stereocenters. The van der Waals surface area contributed by atoms with E-state index >= 15 is 0 Å². The molecule has 0 radical (unpaired) electrons. The molecule has 6 heteroatoms. The maximum atomic E-state index is 12.0. The molecular formula is C23H22N2O4. The molecule has 1 aliphatic heterocycles. The van der Waals surface area contributed by atoms with Gasteiger partial charge in [-0.05, 0) is 65.8 Å². The van der Waals surface area contributed by atoms with E-state index < -0.39 is 0 Å². The number of carbonyl (C=O) groups excluding carboxylic acids is 2. The van der Waals surface area contributed by atoms with Gasteiger partial charge < -0.3 is 14.8 Å². The van der Waals surface area contributed by atoms with Crippen molar-refractivity contribution in [3.8, 4) is 22.9 Å². The fourth-order valence-electron chi connectivity index (χ4n) is 4.13. The minimum atomic E-state index is -0.372. The van der Waals surface area contributed by atoms with Crippen molar-refractivity contribution in [1.82, 2.24) is 5.32 Å². The van der Waals surface area contributed by atoms with Crippen LogP contribution in [0.3, 0.4) is 0 Å². The summed E-state index contributed by atoms with van der Waals surface area (Å²) in [6.07, 6.45) is 2.46. The Kier molecular flexibility index (Phi) is 5.22. The summed E-state index contributed by atoms with van der Waals surface area (Å²) in [6, 6.07) is 14.0. The first-order valence-electron chi connectivity index (χ1n) is 9.73. The number of methoxy groups -OCH3 is 1. The molecule has 1 N–H and O–H groups in total. The van der Waals surface area contributed by atoms with Gasteiger partial charge in [-0.1, -0.05) is 12.1 Å². The topological polar surface area (TPSA) is 88.4 Å². The lowest BCUT2D eigenvalue weighted by Gasteiger charge is -2.21. The normalized spacial score (nSPS) is 19.5. The minimum absolute atomic E-state index is 0.102. The molecule has 0 spiro atoms. The third-order valence-electron chi connectivity index (χ3n) is 5.64. The summed E-state index contributed by atoms with van der Waals surface area (Å²) in [6.45, 7) is 0.365. The average molecular weight is 390 g/mol. The van der Waals surface area contributed by atoms with Crippen LogP contribution < -0.4 is 10.1 Å². The Morgan fingerprint density at radius 2 is 1.90 bits per heavy atom. The highest BCUT2D eigenvalue weighted by atomic mass is 16.5. The summed E-state index contributed by atoms with van der Waals surface area (Å²) < 4.78 is 10.6. The van der Waals surface area contributed by atoms with Crippen molar-refractivity contribution >= 4 is 11.9 Å². The van der Waals surface area contributed by atoms with Gasteiger partial charge in [0.2, 0.25) is 5.91 Å². The highest BCUT2D eigenvalue weighted by Gasteiger charge is 2.34. The van der Waals surface area contributed by atoms with Gasteiger partial charge in [0.15, 0.2) is 0 Å². The Morgan fingerprint density at radius 3 is 2.62 bits per heavy atom. The van der Waals surface area contributed by atoms with Crippen LogP contribution in [0.4, 0.5) is 0 Å². The number of esters is 1. The maximum absolute atomic E-state index is 12.0. The molecule has 1 amide bonds. The monoisotopic (exact) mass is 390 g/mol. The van der Waals surface area contributed by atoms with Crippen LogP contribution in [0.1, 0.15) is 29.5 Å². The van der Waals surface area contributed by atoms with Crippen molar-refractivity contribution in [2.24, 2.45) is 5.92 Å². The van der Waals surface area contributed by atoms with Crippen molar-refractivity contribution in [3.05, 3.63) is 53.1 Å². The summed E-state index contributed by atoms with van der Waals surface area (Å²) in [5.41, 5.74) is 5.46. The van der Waals surface area contributed by atoms with Gasteiger partial charge in [0.05, 0.1) is 37.1 Å². The standard InChI is InChI=1S/C23H22N2O4/c1-28-22(26)11-17-9-18(25-23(17)27)13-29-19-5-7-21-16(10-19)4-3-15-8-14(12-24)2-6-20(15)21/h2,5-8,10,17-18H,3-4,9,11,13H2,1H3,(H,25,27)/t17-,18-/m0/s1. The molecule has 2 aromatic rings. The molecule has 1 aliphatic carbocycles. The molecule has 1 saturated heterocycles. The Bertz CT molecular complexity index is 1010. The van der Waals surface area contributed by atoms with E-state index in [2.05, 4.69) is 28.3 Å². The highest BCUT2D eigenvalue weighted by molar-refractivity contribution is 5.85. The van der Waals surface area contributed by atoms with E-state index in [9.17, 15) is 9.59 Å². The molecule has 29 heavy (non-hydrogen) atoms. The van der Waals surface area contributed by atoms with Gasteiger partial charge in [0, 0.05) is 0 Å². The van der Waals surface area contributed by atoms with Crippen LogP contribution in [0.25, 0.3) is 11.1 Å². The molecule has 0 saturated carbocycles. The van der Waals surface area contributed by atoms with Crippen molar-refractivity contribution in [1.29, 1.82) is 5.26 Å². The first kappa shape index (κ1) is 19.0. The number of nitriles is 1. The number of hydrogen-bond acceptors (Lipinski definition) is 5. The second kappa shape index (κ2) is 7.96. The fraction of sp³-hybridized carbons (Fsp3) is 0.348. The molecule has 1 fully saturated rings. The molecular weight excluding hydrogens is 368 g/mol. The lowest BCUT2D eigenvalue weighted by molar-refractivity contribution is -0.143. The zero-order valence-electron chi connectivity index (χ0n) is 16.2. The van der Waals surface area contributed by atoms with Crippen LogP contribution in [0.15, 0.2) is 36.4 Å².